The van der Waals surface area contributed by atoms with Crippen molar-refractivity contribution >= 4 is 23.3 Å². The smallest absolute Gasteiger partial charge is 0.322 e. The highest BCUT2D eigenvalue weighted by atomic mass is 35.5. The maximum atomic E-state index is 12.6. The van der Waals surface area contributed by atoms with Crippen LogP contribution in [0.4, 0.5) is 10.5 Å². The van der Waals surface area contributed by atoms with Crippen molar-refractivity contribution in [3.8, 4) is 11.4 Å². The molecule has 1 N–H and O–H groups in total. The van der Waals surface area contributed by atoms with E-state index in [2.05, 4.69) is 15.5 Å². The third-order valence-electron chi connectivity index (χ3n) is 4.37. The van der Waals surface area contributed by atoms with E-state index in [1.54, 1.807) is 17.0 Å². The molecule has 1 unspecified atom stereocenters. The van der Waals surface area contributed by atoms with Crippen LogP contribution in [0.5, 0.6) is 0 Å². The number of nitrogens with zero attached hydrogens (tertiary/aromatic N) is 3. The molecule has 0 spiro atoms. The molecule has 132 valence electrons. The highest BCUT2D eigenvalue weighted by Gasteiger charge is 2.34. The van der Waals surface area contributed by atoms with Crippen LogP contribution in [-0.2, 0) is 0 Å². The van der Waals surface area contributed by atoms with Crippen LogP contribution in [0, 0.1) is 0 Å². The molecule has 2 amide bonds. The summed E-state index contributed by atoms with van der Waals surface area (Å²) in [5.41, 5.74) is 1.58. The molecule has 4 rings (SSSR count). The molecule has 7 heteroatoms. The number of amides is 2. The third-order valence-corrected chi connectivity index (χ3v) is 4.62. The number of hydrogen-bond acceptors (Lipinski definition) is 4. The van der Waals surface area contributed by atoms with Crippen LogP contribution in [0.1, 0.15) is 24.8 Å². The Bertz CT molecular complexity index is 895. The molecule has 0 saturated carbocycles. The van der Waals surface area contributed by atoms with Gasteiger partial charge in [-0.15, -0.1) is 0 Å². The van der Waals surface area contributed by atoms with E-state index in [-0.39, 0.29) is 12.1 Å². The van der Waals surface area contributed by atoms with Gasteiger partial charge >= 0.3 is 6.03 Å². The highest BCUT2D eigenvalue weighted by Crippen LogP contribution is 2.32. The Balaban J connectivity index is 1.51. The van der Waals surface area contributed by atoms with E-state index in [9.17, 15) is 4.79 Å². The summed E-state index contributed by atoms with van der Waals surface area (Å²) in [4.78, 5) is 18.9. The Kier molecular flexibility index (Phi) is 4.58. The van der Waals surface area contributed by atoms with Crippen LogP contribution >= 0.6 is 11.6 Å². The molecule has 0 aliphatic carbocycles. The van der Waals surface area contributed by atoms with Gasteiger partial charge in [-0.3, -0.25) is 0 Å². The Morgan fingerprint density at radius 3 is 2.69 bits per heavy atom. The van der Waals surface area contributed by atoms with Crippen LogP contribution in [0.3, 0.4) is 0 Å². The fourth-order valence-electron chi connectivity index (χ4n) is 3.07. The van der Waals surface area contributed by atoms with Gasteiger partial charge in [-0.1, -0.05) is 35.0 Å². The number of hydrogen-bond donors (Lipinski definition) is 1. The number of carbonyl (C=O) groups is 1. The van der Waals surface area contributed by atoms with Crippen LogP contribution in [0.15, 0.2) is 59.1 Å². The average Bonchev–Trinajstić information content (AvgIpc) is 3.32. The molecule has 1 atom stereocenters. The fourth-order valence-corrected chi connectivity index (χ4v) is 3.20. The largest absolute Gasteiger partial charge is 0.337 e. The van der Waals surface area contributed by atoms with Crippen LogP contribution in [0.2, 0.25) is 5.02 Å². The summed E-state index contributed by atoms with van der Waals surface area (Å²) >= 11 is 5.91. The van der Waals surface area contributed by atoms with Gasteiger partial charge in [0.1, 0.15) is 6.04 Å². The Morgan fingerprint density at radius 2 is 1.92 bits per heavy atom. The van der Waals surface area contributed by atoms with E-state index in [0.29, 0.717) is 23.3 Å². The Hall–Kier alpha value is -2.86. The monoisotopic (exact) mass is 368 g/mol. The number of para-hydroxylation sites is 1. The van der Waals surface area contributed by atoms with E-state index in [1.165, 1.54) is 0 Å². The lowest BCUT2D eigenvalue weighted by Gasteiger charge is -2.22. The van der Waals surface area contributed by atoms with Crippen molar-refractivity contribution < 1.29 is 9.32 Å². The lowest BCUT2D eigenvalue weighted by atomic mass is 10.2. The number of carbonyl (C=O) groups excluding carboxylic acids is 1. The quantitative estimate of drug-likeness (QED) is 0.723. The first-order valence-corrected chi connectivity index (χ1v) is 8.81. The van der Waals surface area contributed by atoms with Gasteiger partial charge < -0.3 is 14.7 Å². The topological polar surface area (TPSA) is 71.3 Å². The zero-order chi connectivity index (χ0) is 17.9. The first-order valence-electron chi connectivity index (χ1n) is 8.43. The standard InChI is InChI=1S/C19H17ClN4O2/c20-14-10-8-13(9-11-14)17-22-18(26-23-17)16-7-4-12-24(16)19(25)21-15-5-2-1-3-6-15/h1-3,5-6,8-11,16H,4,7,12H2,(H,21,25). The van der Waals surface area contributed by atoms with Gasteiger partial charge in [0.15, 0.2) is 0 Å². The van der Waals surface area contributed by atoms with Crippen LogP contribution < -0.4 is 5.32 Å². The molecule has 2 aromatic carbocycles. The molecule has 1 aliphatic rings. The first-order chi connectivity index (χ1) is 12.7. The molecule has 0 bridgehead atoms. The van der Waals surface area contributed by atoms with Crippen molar-refractivity contribution in [1.29, 1.82) is 0 Å². The maximum absolute atomic E-state index is 12.6. The lowest BCUT2D eigenvalue weighted by molar-refractivity contribution is 0.193. The van der Waals surface area contributed by atoms with Crippen molar-refractivity contribution in [3.05, 3.63) is 65.5 Å². The second-order valence-electron chi connectivity index (χ2n) is 6.11. The first kappa shape index (κ1) is 16.6. The van der Waals surface area contributed by atoms with Crippen LogP contribution in [0.25, 0.3) is 11.4 Å². The van der Waals surface area contributed by atoms with Crippen molar-refractivity contribution in [2.45, 2.75) is 18.9 Å². The van der Waals surface area contributed by atoms with Gasteiger partial charge in [0.2, 0.25) is 11.7 Å². The van der Waals surface area contributed by atoms with Crippen molar-refractivity contribution in [2.75, 3.05) is 11.9 Å². The van der Waals surface area contributed by atoms with E-state index in [4.69, 9.17) is 16.1 Å². The second-order valence-corrected chi connectivity index (χ2v) is 6.55. The zero-order valence-corrected chi connectivity index (χ0v) is 14.7. The summed E-state index contributed by atoms with van der Waals surface area (Å²) in [5.74, 6) is 0.947. The van der Waals surface area contributed by atoms with Crippen molar-refractivity contribution in [2.24, 2.45) is 0 Å². The minimum Gasteiger partial charge on any atom is -0.337 e. The minimum atomic E-state index is -0.215. The molecular formula is C19H17ClN4O2. The number of nitrogens with one attached hydrogen (secondary N) is 1. The maximum Gasteiger partial charge on any atom is 0.322 e. The number of halogens is 1. The SMILES string of the molecule is O=C(Nc1ccccc1)N1CCCC1c1nc(-c2ccc(Cl)cc2)no1. The van der Waals surface area contributed by atoms with E-state index in [0.717, 1.165) is 24.1 Å². The Labute approximate surface area is 155 Å². The summed E-state index contributed by atoms with van der Waals surface area (Å²) in [6, 6.07) is 16.2. The molecule has 1 saturated heterocycles. The lowest BCUT2D eigenvalue weighted by Crippen LogP contribution is -2.34. The van der Waals surface area contributed by atoms with Crippen molar-refractivity contribution in [1.82, 2.24) is 15.0 Å². The highest BCUT2D eigenvalue weighted by molar-refractivity contribution is 6.30. The molecule has 1 fully saturated rings. The number of likely N-dealkylation sites (tertiary alicyclic amines) is 1. The predicted octanol–water partition coefficient (Wildman–Crippen LogP) is 4.76. The van der Waals surface area contributed by atoms with E-state index >= 15 is 0 Å². The van der Waals surface area contributed by atoms with E-state index in [1.807, 2.05) is 42.5 Å². The zero-order valence-electron chi connectivity index (χ0n) is 13.9. The molecule has 1 aromatic heterocycles. The van der Waals surface area contributed by atoms with Gasteiger partial charge in [-0.05, 0) is 49.2 Å². The molecule has 1 aliphatic heterocycles. The van der Waals surface area contributed by atoms with Gasteiger partial charge in [0.25, 0.3) is 0 Å². The molecule has 0 radical (unpaired) electrons. The number of urea groups is 1. The summed E-state index contributed by atoms with van der Waals surface area (Å²) in [7, 11) is 0. The minimum absolute atomic E-state index is 0.162. The van der Waals surface area contributed by atoms with Crippen LogP contribution in [-0.4, -0.2) is 27.6 Å². The molecule has 26 heavy (non-hydrogen) atoms. The second kappa shape index (κ2) is 7.17. The van der Waals surface area contributed by atoms with E-state index < -0.39 is 0 Å². The number of rotatable bonds is 3. The molecule has 6 nitrogen and oxygen atoms in total. The summed E-state index contributed by atoms with van der Waals surface area (Å²) in [6.07, 6.45) is 1.69. The average molecular weight is 369 g/mol. The number of benzene rings is 2. The predicted molar refractivity (Wildman–Crippen MR) is 98.9 cm³/mol. The summed E-state index contributed by atoms with van der Waals surface area (Å²) < 4.78 is 5.45. The normalized spacial score (nSPS) is 16.7. The molecular weight excluding hydrogens is 352 g/mol. The van der Waals surface area contributed by atoms with Gasteiger partial charge in [0.05, 0.1) is 0 Å². The van der Waals surface area contributed by atoms with Crippen molar-refractivity contribution in [3.63, 3.8) is 0 Å². The third kappa shape index (κ3) is 3.41. The Morgan fingerprint density at radius 1 is 1.15 bits per heavy atom. The number of aromatic nitrogens is 2. The number of anilines is 1. The summed E-state index contributed by atoms with van der Waals surface area (Å²) in [5, 5.41) is 7.61. The summed E-state index contributed by atoms with van der Waals surface area (Å²) in [6.45, 7) is 0.655. The molecule has 2 heterocycles. The van der Waals surface area contributed by atoms with Gasteiger partial charge in [-0.25, -0.2) is 4.79 Å². The van der Waals surface area contributed by atoms with Gasteiger partial charge in [-0.2, -0.15) is 4.98 Å². The van der Waals surface area contributed by atoms with Gasteiger partial charge in [0, 0.05) is 22.8 Å². The fraction of sp³-hybridized carbons (Fsp3) is 0.211. The molecule has 3 aromatic rings.